The Hall–Kier alpha value is -2.53. The molecule has 0 aliphatic carbocycles. The number of halogens is 1. The number of carbonyl (C=O) groups is 2. The maximum Gasteiger partial charge on any atom is 0.253 e. The molecular formula is C19H22ClN3O2. The van der Waals surface area contributed by atoms with E-state index in [4.69, 9.17) is 11.6 Å². The van der Waals surface area contributed by atoms with E-state index in [-0.39, 0.29) is 11.8 Å². The SMILES string of the molecule is C[C@H](NC(=O)c1ccccc1Cl)C(=O)NCc1ccc(N(C)C)cc1. The van der Waals surface area contributed by atoms with Crippen molar-refractivity contribution < 1.29 is 9.59 Å². The normalized spacial score (nSPS) is 11.5. The van der Waals surface area contributed by atoms with Gasteiger partial charge in [0.1, 0.15) is 6.04 Å². The molecule has 0 heterocycles. The van der Waals surface area contributed by atoms with E-state index >= 15 is 0 Å². The highest BCUT2D eigenvalue weighted by atomic mass is 35.5. The Balaban J connectivity index is 1.88. The molecule has 0 aliphatic heterocycles. The molecule has 6 heteroatoms. The summed E-state index contributed by atoms with van der Waals surface area (Å²) in [4.78, 5) is 26.4. The van der Waals surface area contributed by atoms with Gasteiger partial charge in [-0.25, -0.2) is 0 Å². The van der Waals surface area contributed by atoms with Crippen LogP contribution in [0.3, 0.4) is 0 Å². The van der Waals surface area contributed by atoms with Crippen molar-refractivity contribution in [3.63, 3.8) is 0 Å². The summed E-state index contributed by atoms with van der Waals surface area (Å²) in [7, 11) is 3.94. The number of amides is 2. The number of carbonyl (C=O) groups excluding carboxylic acids is 2. The molecule has 0 aliphatic rings. The average Bonchev–Trinajstić information content (AvgIpc) is 2.60. The van der Waals surface area contributed by atoms with Gasteiger partial charge < -0.3 is 15.5 Å². The van der Waals surface area contributed by atoms with E-state index in [0.717, 1.165) is 11.3 Å². The van der Waals surface area contributed by atoms with Crippen LogP contribution in [0.25, 0.3) is 0 Å². The fourth-order valence-electron chi connectivity index (χ4n) is 2.24. The number of hydrogen-bond donors (Lipinski definition) is 2. The second kappa shape index (κ2) is 8.53. The third kappa shape index (κ3) is 5.22. The third-order valence-corrected chi connectivity index (χ3v) is 4.11. The first-order valence-corrected chi connectivity index (χ1v) is 8.35. The smallest absolute Gasteiger partial charge is 0.253 e. The van der Waals surface area contributed by atoms with Gasteiger partial charge in [0.15, 0.2) is 0 Å². The van der Waals surface area contributed by atoms with E-state index in [1.54, 1.807) is 31.2 Å². The molecule has 2 amide bonds. The van der Waals surface area contributed by atoms with E-state index in [1.165, 1.54) is 0 Å². The first-order chi connectivity index (χ1) is 11.9. The lowest BCUT2D eigenvalue weighted by atomic mass is 10.2. The van der Waals surface area contributed by atoms with Gasteiger partial charge in [-0.15, -0.1) is 0 Å². The van der Waals surface area contributed by atoms with Gasteiger partial charge in [0.25, 0.3) is 5.91 Å². The summed E-state index contributed by atoms with van der Waals surface area (Å²) in [5.74, 6) is -0.624. The summed E-state index contributed by atoms with van der Waals surface area (Å²) < 4.78 is 0. The minimum absolute atomic E-state index is 0.253. The molecule has 25 heavy (non-hydrogen) atoms. The van der Waals surface area contributed by atoms with E-state index in [1.807, 2.05) is 43.3 Å². The molecule has 0 saturated carbocycles. The van der Waals surface area contributed by atoms with Gasteiger partial charge in [-0.05, 0) is 36.8 Å². The van der Waals surface area contributed by atoms with Gasteiger partial charge in [0.2, 0.25) is 5.91 Å². The molecule has 0 unspecified atom stereocenters. The van der Waals surface area contributed by atoms with Crippen LogP contribution in [-0.2, 0) is 11.3 Å². The topological polar surface area (TPSA) is 61.4 Å². The van der Waals surface area contributed by atoms with Crippen molar-refractivity contribution in [3.05, 3.63) is 64.7 Å². The maximum absolute atomic E-state index is 12.2. The van der Waals surface area contributed by atoms with Crippen molar-refractivity contribution in [2.45, 2.75) is 19.5 Å². The lowest BCUT2D eigenvalue weighted by molar-refractivity contribution is -0.122. The summed E-state index contributed by atoms with van der Waals surface area (Å²) >= 11 is 5.99. The van der Waals surface area contributed by atoms with Gasteiger partial charge >= 0.3 is 0 Å². The molecule has 1 atom stereocenters. The minimum atomic E-state index is -0.662. The van der Waals surface area contributed by atoms with Crippen LogP contribution in [0.4, 0.5) is 5.69 Å². The number of hydrogen-bond acceptors (Lipinski definition) is 3. The highest BCUT2D eigenvalue weighted by molar-refractivity contribution is 6.33. The van der Waals surface area contributed by atoms with Crippen molar-refractivity contribution in [1.29, 1.82) is 0 Å². The number of benzene rings is 2. The molecule has 5 nitrogen and oxygen atoms in total. The number of rotatable bonds is 6. The Morgan fingerprint density at radius 3 is 2.32 bits per heavy atom. The summed E-state index contributed by atoms with van der Waals surface area (Å²) in [5.41, 5.74) is 2.43. The minimum Gasteiger partial charge on any atom is -0.378 e. The molecule has 0 saturated heterocycles. The van der Waals surface area contributed by atoms with Crippen LogP contribution in [0, 0.1) is 0 Å². The van der Waals surface area contributed by atoms with Crippen molar-refractivity contribution in [2.24, 2.45) is 0 Å². The molecule has 2 aromatic rings. The van der Waals surface area contributed by atoms with Crippen molar-refractivity contribution in [1.82, 2.24) is 10.6 Å². The fraction of sp³-hybridized carbons (Fsp3) is 0.263. The highest BCUT2D eigenvalue weighted by Gasteiger charge is 2.17. The number of nitrogens with one attached hydrogen (secondary N) is 2. The summed E-state index contributed by atoms with van der Waals surface area (Å²) in [6, 6.07) is 14.0. The predicted octanol–water partition coefficient (Wildman–Crippen LogP) is 2.84. The standard InChI is InChI=1S/C19H22ClN3O2/c1-13(22-19(25)16-6-4-5-7-17(16)20)18(24)21-12-14-8-10-15(11-9-14)23(2)3/h4-11,13H,12H2,1-3H3,(H,21,24)(H,22,25)/t13-/m0/s1. The van der Waals surface area contributed by atoms with Crippen LogP contribution >= 0.6 is 11.6 Å². The van der Waals surface area contributed by atoms with E-state index < -0.39 is 6.04 Å². The van der Waals surface area contributed by atoms with Crippen LogP contribution < -0.4 is 15.5 Å². The summed E-state index contributed by atoms with van der Waals surface area (Å²) in [6.45, 7) is 2.04. The molecule has 0 aromatic heterocycles. The van der Waals surface area contributed by atoms with Gasteiger partial charge in [0, 0.05) is 26.3 Å². The third-order valence-electron chi connectivity index (χ3n) is 3.78. The first-order valence-electron chi connectivity index (χ1n) is 7.98. The number of anilines is 1. The van der Waals surface area contributed by atoms with Crippen molar-refractivity contribution >= 4 is 29.1 Å². The zero-order valence-corrected chi connectivity index (χ0v) is 15.3. The zero-order valence-electron chi connectivity index (χ0n) is 14.5. The van der Waals surface area contributed by atoms with Crippen LogP contribution in [0.2, 0.25) is 5.02 Å². The quantitative estimate of drug-likeness (QED) is 0.833. The predicted molar refractivity (Wildman–Crippen MR) is 101 cm³/mol. The largest absolute Gasteiger partial charge is 0.378 e. The highest BCUT2D eigenvalue weighted by Crippen LogP contribution is 2.15. The van der Waals surface area contributed by atoms with Gasteiger partial charge in [-0.1, -0.05) is 35.9 Å². The molecule has 0 spiro atoms. The second-order valence-electron chi connectivity index (χ2n) is 5.95. The van der Waals surface area contributed by atoms with Gasteiger partial charge in [-0.2, -0.15) is 0 Å². The van der Waals surface area contributed by atoms with E-state index in [9.17, 15) is 9.59 Å². The average molecular weight is 360 g/mol. The lowest BCUT2D eigenvalue weighted by Gasteiger charge is -2.15. The summed E-state index contributed by atoms with van der Waals surface area (Å²) in [5, 5.41) is 5.83. The van der Waals surface area contributed by atoms with Crippen LogP contribution in [0.5, 0.6) is 0 Å². The molecule has 2 aromatic carbocycles. The van der Waals surface area contributed by atoms with Gasteiger partial charge in [-0.3, -0.25) is 9.59 Å². The Kier molecular flexibility index (Phi) is 6.42. The Morgan fingerprint density at radius 1 is 1.08 bits per heavy atom. The molecule has 0 bridgehead atoms. The molecule has 0 fully saturated rings. The molecule has 132 valence electrons. The zero-order chi connectivity index (χ0) is 18.4. The summed E-state index contributed by atoms with van der Waals surface area (Å²) in [6.07, 6.45) is 0. The molecular weight excluding hydrogens is 338 g/mol. The van der Waals surface area contributed by atoms with Crippen LogP contribution in [0.15, 0.2) is 48.5 Å². The Labute approximate surface area is 153 Å². The van der Waals surface area contributed by atoms with Crippen LogP contribution in [0.1, 0.15) is 22.8 Å². The first kappa shape index (κ1) is 18.8. The number of nitrogens with zero attached hydrogens (tertiary/aromatic N) is 1. The van der Waals surface area contributed by atoms with Crippen molar-refractivity contribution in [3.8, 4) is 0 Å². The second-order valence-corrected chi connectivity index (χ2v) is 6.36. The Morgan fingerprint density at radius 2 is 1.72 bits per heavy atom. The molecule has 0 radical (unpaired) electrons. The molecule has 2 rings (SSSR count). The van der Waals surface area contributed by atoms with Crippen molar-refractivity contribution in [2.75, 3.05) is 19.0 Å². The molecule has 2 N–H and O–H groups in total. The van der Waals surface area contributed by atoms with Gasteiger partial charge in [0.05, 0.1) is 10.6 Å². The maximum atomic E-state index is 12.2. The van der Waals surface area contributed by atoms with E-state index in [0.29, 0.717) is 17.1 Å². The van der Waals surface area contributed by atoms with E-state index in [2.05, 4.69) is 10.6 Å². The lowest BCUT2D eigenvalue weighted by Crippen LogP contribution is -2.44. The Bertz CT molecular complexity index is 745. The monoisotopic (exact) mass is 359 g/mol. The van der Waals surface area contributed by atoms with Crippen LogP contribution in [-0.4, -0.2) is 32.0 Å². The fourth-order valence-corrected chi connectivity index (χ4v) is 2.46.